The van der Waals surface area contributed by atoms with E-state index in [0.717, 1.165) is 4.57 Å². The van der Waals surface area contributed by atoms with Gasteiger partial charge in [0.15, 0.2) is 11.8 Å². The highest BCUT2D eigenvalue weighted by molar-refractivity contribution is 6.43. The Labute approximate surface area is 106 Å². The highest BCUT2D eigenvalue weighted by Gasteiger charge is 2.13. The topological polar surface area (TPSA) is 45.4 Å². The summed E-state index contributed by atoms with van der Waals surface area (Å²) in [6.45, 7) is 0. The molecule has 2 aromatic rings. The summed E-state index contributed by atoms with van der Waals surface area (Å²) in [6.07, 6.45) is 0. The molecule has 3 nitrogen and oxygen atoms in total. The average molecular weight is 279 g/mol. The van der Waals surface area contributed by atoms with E-state index in [2.05, 4.69) is 0 Å². The van der Waals surface area contributed by atoms with Gasteiger partial charge in [-0.25, -0.2) is 0 Å². The smallest absolute Gasteiger partial charge is 0.198 e. The molecule has 1 heterocycles. The Morgan fingerprint density at radius 2 is 1.31 bits per heavy atom. The largest absolute Gasteiger partial charge is 0.494 e. The minimum atomic E-state index is -0.141. The van der Waals surface area contributed by atoms with Crippen LogP contribution < -0.4 is 0 Å². The van der Waals surface area contributed by atoms with E-state index in [1.165, 1.54) is 24.3 Å². The van der Waals surface area contributed by atoms with Crippen LogP contribution in [0.4, 0.5) is 0 Å². The normalized spacial score (nSPS) is 10.7. The molecule has 0 spiro atoms. The second-order valence-corrected chi connectivity index (χ2v) is 4.32. The Bertz CT molecular complexity index is 532. The minimum absolute atomic E-state index is 0.141. The third-order valence-electron chi connectivity index (χ3n) is 2.07. The van der Waals surface area contributed by atoms with Crippen LogP contribution in [-0.2, 0) is 0 Å². The summed E-state index contributed by atoms with van der Waals surface area (Å²) < 4.78 is 1.16. The van der Waals surface area contributed by atoms with Crippen LogP contribution >= 0.6 is 34.8 Å². The number of nitrogens with zero attached hydrogens (tertiary/aromatic N) is 1. The van der Waals surface area contributed by atoms with Crippen molar-refractivity contribution in [2.24, 2.45) is 0 Å². The molecule has 2 rings (SSSR count). The van der Waals surface area contributed by atoms with E-state index in [1.807, 2.05) is 0 Å². The molecular formula is C10H6Cl3NO2. The molecule has 0 amide bonds. The summed E-state index contributed by atoms with van der Waals surface area (Å²) in [5.41, 5.74) is 0.357. The molecule has 0 radical (unpaired) electrons. The van der Waals surface area contributed by atoms with Crippen molar-refractivity contribution in [2.45, 2.75) is 0 Å². The predicted octanol–water partition coefficient (Wildman–Crippen LogP) is 3.85. The van der Waals surface area contributed by atoms with Gasteiger partial charge >= 0.3 is 0 Å². The van der Waals surface area contributed by atoms with Crippen LogP contribution in [0.3, 0.4) is 0 Å². The van der Waals surface area contributed by atoms with Crippen LogP contribution in [0.15, 0.2) is 24.3 Å². The number of hydrogen-bond donors (Lipinski definition) is 2. The molecule has 0 bridgehead atoms. The van der Waals surface area contributed by atoms with E-state index < -0.39 is 0 Å². The van der Waals surface area contributed by atoms with Crippen LogP contribution in [0.2, 0.25) is 15.1 Å². The van der Waals surface area contributed by atoms with E-state index in [-0.39, 0.29) is 21.8 Å². The van der Waals surface area contributed by atoms with Crippen LogP contribution in [0.1, 0.15) is 0 Å². The van der Waals surface area contributed by atoms with E-state index in [1.54, 1.807) is 0 Å². The fourth-order valence-electron chi connectivity index (χ4n) is 1.35. The van der Waals surface area contributed by atoms with Crippen molar-refractivity contribution < 1.29 is 10.2 Å². The lowest BCUT2D eigenvalue weighted by molar-refractivity contribution is 0.402. The van der Waals surface area contributed by atoms with Gasteiger partial charge in [0, 0.05) is 12.1 Å². The molecule has 0 unspecified atom stereocenters. The van der Waals surface area contributed by atoms with E-state index >= 15 is 0 Å². The fraction of sp³-hybridized carbons (Fsp3) is 0. The molecule has 1 aromatic carbocycles. The number of hydrogen-bond acceptors (Lipinski definition) is 2. The Balaban J connectivity index is 2.69. The minimum Gasteiger partial charge on any atom is -0.494 e. The number of rotatable bonds is 1. The zero-order chi connectivity index (χ0) is 11.9. The van der Waals surface area contributed by atoms with Gasteiger partial charge in [0.25, 0.3) is 0 Å². The second kappa shape index (κ2) is 4.09. The van der Waals surface area contributed by atoms with Crippen molar-refractivity contribution in [2.75, 3.05) is 0 Å². The van der Waals surface area contributed by atoms with Gasteiger partial charge < -0.3 is 10.2 Å². The molecule has 16 heavy (non-hydrogen) atoms. The van der Waals surface area contributed by atoms with Gasteiger partial charge in [0.05, 0.1) is 20.8 Å². The summed E-state index contributed by atoms with van der Waals surface area (Å²) in [7, 11) is 0. The van der Waals surface area contributed by atoms with Crippen molar-refractivity contribution in [3.63, 3.8) is 0 Å². The molecule has 0 aliphatic heterocycles. The molecule has 84 valence electrons. The number of benzene rings is 1. The standard InChI is InChI=1S/C10H6Cl3NO2/c11-5-3-7(13)8(4-6(5)12)14-9(15)1-2-10(14)16/h1-4,15-16H. The Morgan fingerprint density at radius 1 is 0.812 bits per heavy atom. The Hall–Kier alpha value is -1.03. The Morgan fingerprint density at radius 3 is 1.88 bits per heavy atom. The molecule has 6 heteroatoms. The maximum absolute atomic E-state index is 9.54. The molecule has 0 fully saturated rings. The van der Waals surface area contributed by atoms with Gasteiger partial charge in [-0.05, 0) is 12.1 Å². The molecule has 2 N–H and O–H groups in total. The average Bonchev–Trinajstić information content (AvgIpc) is 2.53. The summed E-state index contributed by atoms with van der Waals surface area (Å²) in [5.74, 6) is -0.282. The van der Waals surface area contributed by atoms with Gasteiger partial charge in [-0.3, -0.25) is 4.57 Å². The summed E-state index contributed by atoms with van der Waals surface area (Å²) >= 11 is 17.6. The van der Waals surface area contributed by atoms with Gasteiger partial charge in [-0.15, -0.1) is 0 Å². The number of aromatic hydroxyl groups is 2. The van der Waals surface area contributed by atoms with E-state index in [0.29, 0.717) is 10.7 Å². The van der Waals surface area contributed by atoms with Crippen LogP contribution in [0, 0.1) is 0 Å². The fourth-order valence-corrected chi connectivity index (χ4v) is 1.97. The maximum atomic E-state index is 9.54. The highest BCUT2D eigenvalue weighted by Crippen LogP contribution is 2.35. The van der Waals surface area contributed by atoms with E-state index in [4.69, 9.17) is 34.8 Å². The lowest BCUT2D eigenvalue weighted by atomic mass is 10.3. The third-order valence-corrected chi connectivity index (χ3v) is 3.10. The summed E-state index contributed by atoms with van der Waals surface area (Å²) in [5, 5.41) is 19.9. The monoisotopic (exact) mass is 277 g/mol. The molecule has 0 atom stereocenters. The third kappa shape index (κ3) is 1.82. The van der Waals surface area contributed by atoms with Crippen molar-refractivity contribution in [1.82, 2.24) is 4.57 Å². The first-order valence-electron chi connectivity index (χ1n) is 4.25. The van der Waals surface area contributed by atoms with Crippen molar-refractivity contribution in [3.05, 3.63) is 39.3 Å². The van der Waals surface area contributed by atoms with Crippen molar-refractivity contribution in [3.8, 4) is 17.4 Å². The zero-order valence-corrected chi connectivity index (χ0v) is 10.1. The number of aromatic nitrogens is 1. The van der Waals surface area contributed by atoms with Crippen LogP contribution in [0.25, 0.3) is 5.69 Å². The summed E-state index contributed by atoms with van der Waals surface area (Å²) in [4.78, 5) is 0. The molecule has 1 aromatic heterocycles. The lowest BCUT2D eigenvalue weighted by Gasteiger charge is -2.10. The zero-order valence-electron chi connectivity index (χ0n) is 7.78. The summed E-state index contributed by atoms with van der Waals surface area (Å²) in [6, 6.07) is 5.59. The van der Waals surface area contributed by atoms with Gasteiger partial charge in [0.2, 0.25) is 0 Å². The molecule has 0 aliphatic carbocycles. The molecule has 0 saturated heterocycles. The SMILES string of the molecule is Oc1ccc(O)n1-c1cc(Cl)c(Cl)cc1Cl. The van der Waals surface area contributed by atoms with Gasteiger partial charge in [-0.1, -0.05) is 34.8 Å². The van der Waals surface area contributed by atoms with Crippen molar-refractivity contribution >= 4 is 34.8 Å². The lowest BCUT2D eigenvalue weighted by Crippen LogP contribution is -1.94. The first-order chi connectivity index (χ1) is 7.50. The quantitative estimate of drug-likeness (QED) is 0.778. The predicted molar refractivity (Wildman–Crippen MR) is 64.1 cm³/mol. The Kier molecular flexibility index (Phi) is 2.93. The van der Waals surface area contributed by atoms with Gasteiger partial charge in [-0.2, -0.15) is 0 Å². The number of halogens is 3. The molecule has 0 aliphatic rings. The first-order valence-corrected chi connectivity index (χ1v) is 5.38. The van der Waals surface area contributed by atoms with Crippen LogP contribution in [-0.4, -0.2) is 14.8 Å². The molecule has 0 saturated carbocycles. The first kappa shape index (κ1) is 11.5. The highest BCUT2D eigenvalue weighted by atomic mass is 35.5. The maximum Gasteiger partial charge on any atom is 0.198 e. The van der Waals surface area contributed by atoms with Gasteiger partial charge in [0.1, 0.15) is 0 Å². The second-order valence-electron chi connectivity index (χ2n) is 3.10. The van der Waals surface area contributed by atoms with E-state index in [9.17, 15) is 10.2 Å². The molecular weight excluding hydrogens is 272 g/mol. The van der Waals surface area contributed by atoms with Crippen LogP contribution in [0.5, 0.6) is 11.8 Å². The van der Waals surface area contributed by atoms with Crippen molar-refractivity contribution in [1.29, 1.82) is 0 Å².